The molecule has 0 aliphatic heterocycles. The van der Waals surface area contributed by atoms with Crippen molar-refractivity contribution in [1.29, 1.82) is 0 Å². The average molecular weight is 486 g/mol. The first-order valence-corrected chi connectivity index (χ1v) is 8.28. The standard InChI is InChI=1S/C14H10Br3F2NO/c15-7-3-10(16)14(11(17)4-7)20-6-13(21)9-2-1-8(18)5-12(9)19/h1-5,13,20-21H,6H2. The fraction of sp³-hybridized carbons (Fsp3) is 0.143. The SMILES string of the molecule is OC(CNc1c(Br)cc(Br)cc1Br)c1ccc(F)cc1F. The van der Waals surface area contributed by atoms with Gasteiger partial charge in [-0.15, -0.1) is 0 Å². The lowest BCUT2D eigenvalue weighted by molar-refractivity contribution is 0.186. The van der Waals surface area contributed by atoms with Crippen molar-refractivity contribution >= 4 is 53.5 Å². The molecule has 1 atom stereocenters. The smallest absolute Gasteiger partial charge is 0.131 e. The summed E-state index contributed by atoms with van der Waals surface area (Å²) in [6.07, 6.45) is -1.09. The number of hydrogen-bond acceptors (Lipinski definition) is 2. The minimum atomic E-state index is -1.09. The van der Waals surface area contributed by atoms with Crippen LogP contribution in [0.5, 0.6) is 0 Å². The molecule has 2 nitrogen and oxygen atoms in total. The zero-order chi connectivity index (χ0) is 15.6. The molecule has 0 heterocycles. The summed E-state index contributed by atoms with van der Waals surface area (Å²) in [6.45, 7) is 0.0847. The van der Waals surface area contributed by atoms with E-state index in [-0.39, 0.29) is 12.1 Å². The quantitative estimate of drug-likeness (QED) is 0.608. The van der Waals surface area contributed by atoms with Gasteiger partial charge in [0, 0.05) is 31.6 Å². The predicted molar refractivity (Wildman–Crippen MR) is 89.3 cm³/mol. The van der Waals surface area contributed by atoms with Gasteiger partial charge in [0.2, 0.25) is 0 Å². The maximum Gasteiger partial charge on any atom is 0.131 e. The van der Waals surface area contributed by atoms with Crippen LogP contribution in [-0.4, -0.2) is 11.7 Å². The third-order valence-corrected chi connectivity index (χ3v) is 4.51. The summed E-state index contributed by atoms with van der Waals surface area (Å²) in [7, 11) is 0. The van der Waals surface area contributed by atoms with Gasteiger partial charge in [0.25, 0.3) is 0 Å². The average Bonchev–Trinajstić information content (AvgIpc) is 2.36. The van der Waals surface area contributed by atoms with E-state index >= 15 is 0 Å². The zero-order valence-electron chi connectivity index (χ0n) is 10.5. The highest BCUT2D eigenvalue weighted by Crippen LogP contribution is 2.34. The molecular formula is C14H10Br3F2NO. The van der Waals surface area contributed by atoms with Crippen molar-refractivity contribution in [1.82, 2.24) is 0 Å². The largest absolute Gasteiger partial charge is 0.386 e. The Bertz CT molecular complexity index is 644. The fourth-order valence-corrected chi connectivity index (χ4v) is 4.33. The summed E-state index contributed by atoms with van der Waals surface area (Å²) < 4.78 is 28.9. The highest BCUT2D eigenvalue weighted by Gasteiger charge is 2.15. The molecule has 0 aliphatic carbocycles. The summed E-state index contributed by atoms with van der Waals surface area (Å²) in [4.78, 5) is 0. The summed E-state index contributed by atoms with van der Waals surface area (Å²) in [5.41, 5.74) is 0.785. The topological polar surface area (TPSA) is 32.3 Å². The van der Waals surface area contributed by atoms with Crippen molar-refractivity contribution < 1.29 is 13.9 Å². The van der Waals surface area contributed by atoms with Gasteiger partial charge in [-0.05, 0) is 50.1 Å². The zero-order valence-corrected chi connectivity index (χ0v) is 15.3. The van der Waals surface area contributed by atoms with Crippen molar-refractivity contribution in [3.63, 3.8) is 0 Å². The van der Waals surface area contributed by atoms with Crippen LogP contribution in [0.25, 0.3) is 0 Å². The van der Waals surface area contributed by atoms with Crippen LogP contribution in [0.3, 0.4) is 0 Å². The van der Waals surface area contributed by atoms with Gasteiger partial charge in [-0.2, -0.15) is 0 Å². The summed E-state index contributed by atoms with van der Waals surface area (Å²) >= 11 is 10.2. The van der Waals surface area contributed by atoms with Gasteiger partial charge in [-0.25, -0.2) is 8.78 Å². The van der Waals surface area contributed by atoms with Crippen LogP contribution in [0.2, 0.25) is 0 Å². The molecule has 0 bridgehead atoms. The number of aliphatic hydroxyl groups excluding tert-OH is 1. The van der Waals surface area contributed by atoms with Gasteiger partial charge >= 0.3 is 0 Å². The molecule has 0 saturated carbocycles. The molecule has 0 radical (unpaired) electrons. The van der Waals surface area contributed by atoms with Gasteiger partial charge in [0.15, 0.2) is 0 Å². The Balaban J connectivity index is 2.13. The van der Waals surface area contributed by atoms with E-state index in [1.807, 2.05) is 12.1 Å². The van der Waals surface area contributed by atoms with E-state index in [1.165, 1.54) is 6.07 Å². The highest BCUT2D eigenvalue weighted by molar-refractivity contribution is 9.11. The maximum absolute atomic E-state index is 13.6. The van der Waals surface area contributed by atoms with Crippen LogP contribution < -0.4 is 5.32 Å². The fourth-order valence-electron chi connectivity index (χ4n) is 1.79. The molecule has 0 aliphatic rings. The third kappa shape index (κ3) is 4.25. The van der Waals surface area contributed by atoms with E-state index in [0.717, 1.165) is 31.2 Å². The predicted octanol–water partition coefficient (Wildman–Crippen LogP) is 5.40. The second kappa shape index (κ2) is 7.17. The number of hydrogen-bond donors (Lipinski definition) is 2. The van der Waals surface area contributed by atoms with Crippen LogP contribution in [0.15, 0.2) is 43.7 Å². The van der Waals surface area contributed by atoms with Crippen molar-refractivity contribution in [2.24, 2.45) is 0 Å². The molecule has 1 unspecified atom stereocenters. The van der Waals surface area contributed by atoms with Crippen molar-refractivity contribution in [2.45, 2.75) is 6.10 Å². The third-order valence-electron chi connectivity index (χ3n) is 2.80. The lowest BCUT2D eigenvalue weighted by Gasteiger charge is -2.16. The Morgan fingerprint density at radius 2 is 1.67 bits per heavy atom. The van der Waals surface area contributed by atoms with Gasteiger partial charge in [0.05, 0.1) is 11.8 Å². The first-order chi connectivity index (χ1) is 9.88. The molecule has 0 fully saturated rings. The van der Waals surface area contributed by atoms with E-state index in [2.05, 4.69) is 53.1 Å². The number of nitrogens with one attached hydrogen (secondary N) is 1. The number of rotatable bonds is 4. The van der Waals surface area contributed by atoms with Crippen LogP contribution in [0, 0.1) is 11.6 Å². The van der Waals surface area contributed by atoms with E-state index in [0.29, 0.717) is 0 Å². The summed E-state index contributed by atoms with van der Waals surface area (Å²) in [5.74, 6) is -1.44. The van der Waals surface area contributed by atoms with Crippen LogP contribution in [0.4, 0.5) is 14.5 Å². The second-order valence-electron chi connectivity index (χ2n) is 4.31. The van der Waals surface area contributed by atoms with Gasteiger partial charge in [-0.1, -0.05) is 22.0 Å². The first-order valence-electron chi connectivity index (χ1n) is 5.90. The normalized spacial score (nSPS) is 12.3. The minimum Gasteiger partial charge on any atom is -0.386 e. The van der Waals surface area contributed by atoms with Crippen LogP contribution >= 0.6 is 47.8 Å². The van der Waals surface area contributed by atoms with Gasteiger partial charge in [0.1, 0.15) is 11.6 Å². The number of halogens is 5. The Morgan fingerprint density at radius 1 is 1.05 bits per heavy atom. The van der Waals surface area contributed by atoms with E-state index < -0.39 is 17.7 Å². The summed E-state index contributed by atoms with van der Waals surface area (Å²) in [5, 5.41) is 13.0. The molecule has 0 spiro atoms. The molecular weight excluding hydrogens is 476 g/mol. The molecule has 2 aromatic rings. The number of benzene rings is 2. The molecule has 2 N–H and O–H groups in total. The second-order valence-corrected chi connectivity index (χ2v) is 6.93. The number of aliphatic hydroxyl groups is 1. The molecule has 0 saturated heterocycles. The summed E-state index contributed by atoms with van der Waals surface area (Å²) in [6, 6.07) is 6.80. The molecule has 112 valence electrons. The monoisotopic (exact) mass is 483 g/mol. The maximum atomic E-state index is 13.6. The lowest BCUT2D eigenvalue weighted by Crippen LogP contribution is -2.14. The Labute approximate surface area is 145 Å². The molecule has 21 heavy (non-hydrogen) atoms. The Kier molecular flexibility index (Phi) is 5.76. The molecule has 2 aromatic carbocycles. The molecule has 0 amide bonds. The van der Waals surface area contributed by atoms with Crippen LogP contribution in [-0.2, 0) is 0 Å². The van der Waals surface area contributed by atoms with E-state index in [1.54, 1.807) is 0 Å². The van der Waals surface area contributed by atoms with E-state index in [9.17, 15) is 13.9 Å². The van der Waals surface area contributed by atoms with Crippen molar-refractivity contribution in [3.05, 3.63) is 60.9 Å². The van der Waals surface area contributed by atoms with Gasteiger partial charge < -0.3 is 10.4 Å². The van der Waals surface area contributed by atoms with E-state index in [4.69, 9.17) is 0 Å². The van der Waals surface area contributed by atoms with Crippen molar-refractivity contribution in [2.75, 3.05) is 11.9 Å². The van der Waals surface area contributed by atoms with Crippen molar-refractivity contribution in [3.8, 4) is 0 Å². The Morgan fingerprint density at radius 3 is 2.24 bits per heavy atom. The molecule has 2 rings (SSSR count). The number of anilines is 1. The van der Waals surface area contributed by atoms with Gasteiger partial charge in [-0.3, -0.25) is 0 Å². The highest BCUT2D eigenvalue weighted by atomic mass is 79.9. The minimum absolute atomic E-state index is 0.0493. The lowest BCUT2D eigenvalue weighted by atomic mass is 10.1. The Hall–Kier alpha value is -0.500. The molecule has 7 heteroatoms. The first kappa shape index (κ1) is 16.9. The van der Waals surface area contributed by atoms with Crippen LogP contribution in [0.1, 0.15) is 11.7 Å². The molecule has 0 aromatic heterocycles.